The minimum absolute atomic E-state index is 0.0883. The Morgan fingerprint density at radius 1 is 1.50 bits per heavy atom. The van der Waals surface area contributed by atoms with Crippen LogP contribution in [0.5, 0.6) is 0 Å². The SMILES string of the molecule is Cc1cc(NCC(N)=O)c2nnc(C)n2c1. The molecule has 0 aliphatic rings. The van der Waals surface area contributed by atoms with E-state index in [1.807, 2.05) is 30.5 Å². The molecule has 2 aromatic rings. The number of pyridine rings is 1. The molecule has 0 aliphatic carbocycles. The summed E-state index contributed by atoms with van der Waals surface area (Å²) in [6, 6.07) is 1.91. The lowest BCUT2D eigenvalue weighted by Gasteiger charge is -2.07. The molecule has 0 bridgehead atoms. The van der Waals surface area contributed by atoms with Gasteiger partial charge in [0.05, 0.1) is 12.2 Å². The average Bonchev–Trinajstić information content (AvgIpc) is 2.57. The van der Waals surface area contributed by atoms with E-state index in [1.165, 1.54) is 0 Å². The molecule has 0 radical (unpaired) electrons. The molecule has 0 spiro atoms. The number of nitrogens with one attached hydrogen (secondary N) is 1. The van der Waals surface area contributed by atoms with E-state index in [0.717, 1.165) is 17.1 Å². The topological polar surface area (TPSA) is 85.3 Å². The summed E-state index contributed by atoms with van der Waals surface area (Å²) >= 11 is 0. The number of carbonyl (C=O) groups is 1. The lowest BCUT2D eigenvalue weighted by atomic mass is 10.3. The number of amides is 1. The minimum Gasteiger partial charge on any atom is -0.373 e. The van der Waals surface area contributed by atoms with E-state index < -0.39 is 5.91 Å². The van der Waals surface area contributed by atoms with E-state index in [2.05, 4.69) is 15.5 Å². The molecule has 0 saturated carbocycles. The van der Waals surface area contributed by atoms with Gasteiger partial charge in [0.25, 0.3) is 0 Å². The first-order valence-corrected chi connectivity index (χ1v) is 4.92. The fraction of sp³-hybridized carbons (Fsp3) is 0.300. The van der Waals surface area contributed by atoms with Gasteiger partial charge in [-0.05, 0) is 25.5 Å². The summed E-state index contributed by atoms with van der Waals surface area (Å²) < 4.78 is 1.87. The molecule has 6 heteroatoms. The van der Waals surface area contributed by atoms with Crippen LogP contribution in [-0.2, 0) is 4.79 Å². The van der Waals surface area contributed by atoms with Crippen molar-refractivity contribution < 1.29 is 4.79 Å². The molecule has 2 heterocycles. The summed E-state index contributed by atoms with van der Waals surface area (Å²) in [7, 11) is 0. The van der Waals surface area contributed by atoms with Crippen LogP contribution in [0, 0.1) is 13.8 Å². The van der Waals surface area contributed by atoms with Crippen molar-refractivity contribution in [1.29, 1.82) is 0 Å². The number of aromatic nitrogens is 3. The molecule has 2 aromatic heterocycles. The Hall–Kier alpha value is -2.11. The van der Waals surface area contributed by atoms with E-state index in [1.54, 1.807) is 0 Å². The van der Waals surface area contributed by atoms with Crippen LogP contribution in [0.3, 0.4) is 0 Å². The minimum atomic E-state index is -0.407. The molecule has 16 heavy (non-hydrogen) atoms. The van der Waals surface area contributed by atoms with Crippen molar-refractivity contribution in [1.82, 2.24) is 14.6 Å². The molecular formula is C10H13N5O. The molecule has 0 aromatic carbocycles. The van der Waals surface area contributed by atoms with Crippen LogP contribution in [0.25, 0.3) is 5.65 Å². The first-order chi connectivity index (χ1) is 7.58. The highest BCUT2D eigenvalue weighted by Gasteiger charge is 2.07. The number of rotatable bonds is 3. The van der Waals surface area contributed by atoms with Gasteiger partial charge < -0.3 is 11.1 Å². The number of nitrogens with zero attached hydrogens (tertiary/aromatic N) is 3. The normalized spacial score (nSPS) is 10.6. The van der Waals surface area contributed by atoms with Crippen LogP contribution in [0.15, 0.2) is 12.3 Å². The van der Waals surface area contributed by atoms with Gasteiger partial charge in [0.1, 0.15) is 5.82 Å². The number of fused-ring (bicyclic) bond motifs is 1. The van der Waals surface area contributed by atoms with Gasteiger partial charge in [-0.1, -0.05) is 0 Å². The quantitative estimate of drug-likeness (QED) is 0.774. The van der Waals surface area contributed by atoms with Gasteiger partial charge in [0.2, 0.25) is 5.91 Å². The molecule has 1 amide bonds. The predicted molar refractivity (Wildman–Crippen MR) is 60.1 cm³/mol. The standard InChI is InChI=1S/C10H13N5O/c1-6-3-8(12-4-9(11)16)10-14-13-7(2)15(10)5-6/h3,5,12H,4H2,1-2H3,(H2,11,16). The third-order valence-electron chi connectivity index (χ3n) is 2.26. The highest BCUT2D eigenvalue weighted by atomic mass is 16.1. The molecule has 84 valence electrons. The summed E-state index contributed by atoms with van der Waals surface area (Å²) in [5.74, 6) is 0.400. The van der Waals surface area contributed by atoms with E-state index in [-0.39, 0.29) is 6.54 Å². The highest BCUT2D eigenvalue weighted by Crippen LogP contribution is 2.17. The number of primary amides is 1. The Labute approximate surface area is 92.5 Å². The second kappa shape index (κ2) is 3.80. The fourth-order valence-electron chi connectivity index (χ4n) is 1.55. The second-order valence-electron chi connectivity index (χ2n) is 3.69. The first kappa shape index (κ1) is 10.4. The lowest BCUT2D eigenvalue weighted by molar-refractivity contribution is -0.116. The number of hydrogen-bond donors (Lipinski definition) is 2. The predicted octanol–water partition coefficient (Wildman–Crippen LogP) is 0.243. The summed E-state index contributed by atoms with van der Waals surface area (Å²) in [6.07, 6.45) is 1.94. The second-order valence-corrected chi connectivity index (χ2v) is 3.69. The first-order valence-electron chi connectivity index (χ1n) is 4.92. The van der Waals surface area contributed by atoms with Crippen molar-refractivity contribution in [3.63, 3.8) is 0 Å². The summed E-state index contributed by atoms with van der Waals surface area (Å²) in [6.45, 7) is 3.93. The van der Waals surface area contributed by atoms with Crippen molar-refractivity contribution in [2.45, 2.75) is 13.8 Å². The molecule has 3 N–H and O–H groups in total. The Bertz CT molecular complexity index is 545. The zero-order valence-corrected chi connectivity index (χ0v) is 9.19. The van der Waals surface area contributed by atoms with E-state index >= 15 is 0 Å². The number of carbonyl (C=O) groups excluding carboxylic acids is 1. The van der Waals surface area contributed by atoms with Crippen molar-refractivity contribution >= 4 is 17.2 Å². The Morgan fingerprint density at radius 2 is 2.25 bits per heavy atom. The lowest BCUT2D eigenvalue weighted by Crippen LogP contribution is -2.22. The summed E-state index contributed by atoms with van der Waals surface area (Å²) in [4.78, 5) is 10.7. The third-order valence-corrected chi connectivity index (χ3v) is 2.26. The third kappa shape index (κ3) is 1.81. The maximum Gasteiger partial charge on any atom is 0.236 e. The fourth-order valence-corrected chi connectivity index (χ4v) is 1.55. The van der Waals surface area contributed by atoms with Gasteiger partial charge in [-0.15, -0.1) is 10.2 Å². The van der Waals surface area contributed by atoms with Crippen LogP contribution in [0.4, 0.5) is 5.69 Å². The molecule has 0 saturated heterocycles. The molecule has 0 aliphatic heterocycles. The molecule has 0 atom stereocenters. The van der Waals surface area contributed by atoms with Crippen LogP contribution >= 0.6 is 0 Å². The van der Waals surface area contributed by atoms with Crippen molar-refractivity contribution in [3.05, 3.63) is 23.7 Å². The van der Waals surface area contributed by atoms with Crippen LogP contribution < -0.4 is 11.1 Å². The van der Waals surface area contributed by atoms with E-state index in [0.29, 0.717) is 5.65 Å². The van der Waals surface area contributed by atoms with Crippen LogP contribution in [-0.4, -0.2) is 27.0 Å². The Morgan fingerprint density at radius 3 is 2.94 bits per heavy atom. The molecule has 0 unspecified atom stereocenters. The summed E-state index contributed by atoms with van der Waals surface area (Å²) in [5, 5.41) is 11.0. The molecular weight excluding hydrogens is 206 g/mol. The van der Waals surface area contributed by atoms with E-state index in [9.17, 15) is 4.79 Å². The number of hydrogen-bond acceptors (Lipinski definition) is 4. The Balaban J connectivity index is 2.46. The average molecular weight is 219 g/mol. The van der Waals surface area contributed by atoms with Gasteiger partial charge in [-0.2, -0.15) is 0 Å². The largest absolute Gasteiger partial charge is 0.373 e. The molecule has 2 rings (SSSR count). The maximum atomic E-state index is 10.7. The number of anilines is 1. The van der Waals surface area contributed by atoms with Gasteiger partial charge in [0, 0.05) is 6.20 Å². The van der Waals surface area contributed by atoms with Gasteiger partial charge in [-0.25, -0.2) is 0 Å². The molecule has 0 fully saturated rings. The van der Waals surface area contributed by atoms with Crippen molar-refractivity contribution in [2.24, 2.45) is 5.73 Å². The number of nitrogens with two attached hydrogens (primary N) is 1. The van der Waals surface area contributed by atoms with E-state index in [4.69, 9.17) is 5.73 Å². The van der Waals surface area contributed by atoms with Gasteiger partial charge >= 0.3 is 0 Å². The maximum absolute atomic E-state index is 10.7. The highest BCUT2D eigenvalue weighted by molar-refractivity contribution is 5.81. The Kier molecular flexibility index (Phi) is 2.47. The van der Waals surface area contributed by atoms with Crippen molar-refractivity contribution in [2.75, 3.05) is 11.9 Å². The van der Waals surface area contributed by atoms with Gasteiger partial charge in [0.15, 0.2) is 5.65 Å². The smallest absolute Gasteiger partial charge is 0.236 e. The van der Waals surface area contributed by atoms with Crippen LogP contribution in [0.1, 0.15) is 11.4 Å². The number of aryl methyl sites for hydroxylation is 2. The van der Waals surface area contributed by atoms with Gasteiger partial charge in [-0.3, -0.25) is 9.20 Å². The van der Waals surface area contributed by atoms with Crippen LogP contribution in [0.2, 0.25) is 0 Å². The summed E-state index contributed by atoms with van der Waals surface area (Å²) in [5.41, 5.74) is 7.60. The van der Waals surface area contributed by atoms with Crippen molar-refractivity contribution in [3.8, 4) is 0 Å². The zero-order valence-electron chi connectivity index (χ0n) is 9.19. The monoisotopic (exact) mass is 219 g/mol. The molecule has 6 nitrogen and oxygen atoms in total. The zero-order chi connectivity index (χ0) is 11.7.